The average molecular weight is 390 g/mol. The molecule has 1 saturated heterocycles. The summed E-state index contributed by atoms with van der Waals surface area (Å²) in [5.41, 5.74) is 1.77. The van der Waals surface area contributed by atoms with Crippen molar-refractivity contribution in [3.05, 3.63) is 66.1 Å². The van der Waals surface area contributed by atoms with Crippen LogP contribution in [0.4, 0.5) is 5.69 Å². The fourth-order valence-electron chi connectivity index (χ4n) is 5.06. The Morgan fingerprint density at radius 2 is 1.76 bits per heavy atom. The molecule has 29 heavy (non-hydrogen) atoms. The van der Waals surface area contributed by atoms with E-state index in [9.17, 15) is 14.4 Å². The number of nitrogens with one attached hydrogen (secondary N) is 1. The molecule has 1 aromatic heterocycles. The second kappa shape index (κ2) is 6.72. The molecule has 1 saturated carbocycles. The second-order valence-electron chi connectivity index (χ2n) is 8.20. The number of amides is 3. The molecule has 1 N–H and O–H groups in total. The van der Waals surface area contributed by atoms with E-state index in [1.54, 1.807) is 12.1 Å². The van der Waals surface area contributed by atoms with Gasteiger partial charge in [-0.25, -0.2) is 0 Å². The highest BCUT2D eigenvalue weighted by Gasteiger charge is 2.60. The van der Waals surface area contributed by atoms with Crippen LogP contribution in [0.3, 0.4) is 0 Å². The highest BCUT2D eigenvalue weighted by atomic mass is 16.3. The molecule has 1 aliphatic heterocycles. The zero-order chi connectivity index (χ0) is 20.1. The Balaban J connectivity index is 1.40. The molecule has 5 rings (SSSR count). The summed E-state index contributed by atoms with van der Waals surface area (Å²) < 4.78 is 5.52. The maximum absolute atomic E-state index is 13.2. The van der Waals surface area contributed by atoms with Crippen molar-refractivity contribution in [1.82, 2.24) is 4.90 Å². The summed E-state index contributed by atoms with van der Waals surface area (Å²) in [6.07, 6.45) is 6.46. The third-order valence-corrected chi connectivity index (χ3v) is 6.40. The van der Waals surface area contributed by atoms with Crippen LogP contribution in [-0.4, -0.2) is 22.6 Å². The minimum Gasteiger partial charge on any atom is -0.467 e. The van der Waals surface area contributed by atoms with Crippen molar-refractivity contribution in [2.75, 3.05) is 5.32 Å². The molecule has 2 fully saturated rings. The van der Waals surface area contributed by atoms with Crippen LogP contribution >= 0.6 is 0 Å². The summed E-state index contributed by atoms with van der Waals surface area (Å²) >= 11 is 0. The molecule has 2 aromatic rings. The summed E-state index contributed by atoms with van der Waals surface area (Å²) in [7, 11) is 0. The Hall–Kier alpha value is -3.15. The maximum atomic E-state index is 13.2. The van der Waals surface area contributed by atoms with E-state index in [1.165, 1.54) is 11.2 Å². The lowest BCUT2D eigenvalue weighted by Crippen LogP contribution is -2.38. The van der Waals surface area contributed by atoms with Crippen molar-refractivity contribution < 1.29 is 18.8 Å². The highest BCUT2D eigenvalue weighted by Crippen LogP contribution is 2.54. The van der Waals surface area contributed by atoms with Gasteiger partial charge in [-0.05, 0) is 49.4 Å². The molecular weight excluding hydrogens is 368 g/mol. The van der Waals surface area contributed by atoms with Gasteiger partial charge in [0.05, 0.1) is 24.5 Å². The topological polar surface area (TPSA) is 79.6 Å². The molecule has 0 spiro atoms. The summed E-state index contributed by atoms with van der Waals surface area (Å²) in [6, 6.07) is 10.2. The van der Waals surface area contributed by atoms with Crippen LogP contribution in [0.15, 0.2) is 59.2 Å². The number of benzene rings is 1. The number of anilines is 1. The van der Waals surface area contributed by atoms with Crippen molar-refractivity contribution >= 4 is 23.4 Å². The van der Waals surface area contributed by atoms with Crippen LogP contribution in [0.1, 0.15) is 30.2 Å². The fourth-order valence-corrected chi connectivity index (χ4v) is 5.06. The van der Waals surface area contributed by atoms with Crippen LogP contribution in [0.2, 0.25) is 0 Å². The quantitative estimate of drug-likeness (QED) is 0.626. The third kappa shape index (κ3) is 2.90. The first-order chi connectivity index (χ1) is 14.0. The van der Waals surface area contributed by atoms with Crippen LogP contribution in [0.5, 0.6) is 0 Å². The number of rotatable bonds is 5. The predicted octanol–water partition coefficient (Wildman–Crippen LogP) is 3.47. The van der Waals surface area contributed by atoms with Crippen LogP contribution in [0, 0.1) is 30.6 Å². The van der Waals surface area contributed by atoms with Crippen LogP contribution < -0.4 is 5.32 Å². The Bertz CT molecular complexity index is 962. The Morgan fingerprint density at radius 1 is 1.10 bits per heavy atom. The van der Waals surface area contributed by atoms with E-state index < -0.39 is 6.04 Å². The third-order valence-electron chi connectivity index (χ3n) is 6.40. The van der Waals surface area contributed by atoms with Gasteiger partial charge in [0.2, 0.25) is 17.7 Å². The lowest BCUT2D eigenvalue weighted by Gasteiger charge is -2.26. The van der Waals surface area contributed by atoms with Crippen molar-refractivity contribution in [3.63, 3.8) is 0 Å². The minimum absolute atomic E-state index is 0.0406. The molecule has 3 amide bonds. The standard InChI is InChI=1S/C23H22N2O4/c1-13-4-8-16(9-5-13)24-19(26)12-17(18-3-2-10-29-18)25-22(27)20-14-6-7-15(11-14)21(20)23(25)28/h2-10,14-15,17,20-21H,11-12H2,1H3,(H,24,26). The largest absolute Gasteiger partial charge is 0.467 e. The van der Waals surface area contributed by atoms with Gasteiger partial charge in [-0.15, -0.1) is 0 Å². The molecule has 2 heterocycles. The van der Waals surface area contributed by atoms with Gasteiger partial charge in [0.1, 0.15) is 11.8 Å². The Labute approximate surface area is 168 Å². The molecule has 6 nitrogen and oxygen atoms in total. The Kier molecular flexibility index (Phi) is 4.15. The number of allylic oxidation sites excluding steroid dienone is 2. The molecule has 6 heteroatoms. The van der Waals surface area contributed by atoms with Gasteiger partial charge in [-0.2, -0.15) is 0 Å². The smallest absolute Gasteiger partial charge is 0.234 e. The van der Waals surface area contributed by atoms with E-state index in [0.29, 0.717) is 11.4 Å². The van der Waals surface area contributed by atoms with E-state index in [-0.39, 0.29) is 47.8 Å². The summed E-state index contributed by atoms with van der Waals surface area (Å²) in [4.78, 5) is 40.4. The fraction of sp³-hybridized carbons (Fsp3) is 0.348. The van der Waals surface area contributed by atoms with Crippen molar-refractivity contribution in [2.24, 2.45) is 23.7 Å². The number of imide groups is 1. The molecule has 2 aliphatic carbocycles. The zero-order valence-electron chi connectivity index (χ0n) is 16.1. The van der Waals surface area contributed by atoms with Gasteiger partial charge in [-0.1, -0.05) is 29.8 Å². The maximum Gasteiger partial charge on any atom is 0.234 e. The number of fused-ring (bicyclic) bond motifs is 5. The normalized spacial score (nSPS) is 28.1. The monoisotopic (exact) mass is 390 g/mol. The van der Waals surface area contributed by atoms with E-state index in [2.05, 4.69) is 17.5 Å². The van der Waals surface area contributed by atoms with Crippen molar-refractivity contribution in [1.29, 1.82) is 0 Å². The number of carbonyl (C=O) groups excluding carboxylic acids is 3. The molecule has 5 unspecified atom stereocenters. The van der Waals surface area contributed by atoms with Crippen LogP contribution in [-0.2, 0) is 14.4 Å². The SMILES string of the molecule is Cc1ccc(NC(=O)CC(c2ccco2)N2C(=O)C3C4C=CC(C4)C3C2=O)cc1. The second-order valence-corrected chi connectivity index (χ2v) is 8.20. The summed E-state index contributed by atoms with van der Waals surface area (Å²) in [5, 5.41) is 2.85. The van der Waals surface area contributed by atoms with Gasteiger partial charge in [-0.3, -0.25) is 19.3 Å². The number of furan rings is 1. The van der Waals surface area contributed by atoms with Gasteiger partial charge in [0.25, 0.3) is 0 Å². The molecule has 5 atom stereocenters. The first-order valence-corrected chi connectivity index (χ1v) is 9.98. The summed E-state index contributed by atoms with van der Waals surface area (Å²) in [6.45, 7) is 1.97. The number of hydrogen-bond donors (Lipinski definition) is 1. The number of carbonyl (C=O) groups is 3. The first-order valence-electron chi connectivity index (χ1n) is 9.98. The van der Waals surface area contributed by atoms with E-state index in [4.69, 9.17) is 4.42 Å². The van der Waals surface area contributed by atoms with Gasteiger partial charge in [0.15, 0.2) is 0 Å². The number of hydrogen-bond acceptors (Lipinski definition) is 4. The minimum atomic E-state index is -0.736. The van der Waals surface area contributed by atoms with Crippen LogP contribution in [0.25, 0.3) is 0 Å². The number of likely N-dealkylation sites (tertiary alicyclic amines) is 1. The van der Waals surface area contributed by atoms with Gasteiger partial charge < -0.3 is 9.73 Å². The molecule has 0 radical (unpaired) electrons. The van der Waals surface area contributed by atoms with Gasteiger partial charge in [0, 0.05) is 5.69 Å². The van der Waals surface area contributed by atoms with Crippen molar-refractivity contribution in [3.8, 4) is 0 Å². The summed E-state index contributed by atoms with van der Waals surface area (Å²) in [5.74, 6) is -0.511. The zero-order valence-corrected chi connectivity index (χ0v) is 16.1. The van der Waals surface area contributed by atoms with E-state index >= 15 is 0 Å². The molecular formula is C23H22N2O4. The molecule has 1 aromatic carbocycles. The van der Waals surface area contributed by atoms with Crippen molar-refractivity contribution in [2.45, 2.75) is 25.8 Å². The number of nitrogens with zero attached hydrogens (tertiary/aromatic N) is 1. The number of aryl methyl sites for hydroxylation is 1. The average Bonchev–Trinajstić information content (AvgIpc) is 3.48. The lowest BCUT2D eigenvalue weighted by molar-refractivity contribution is -0.144. The van der Waals surface area contributed by atoms with E-state index in [1.807, 2.05) is 31.2 Å². The first kappa shape index (κ1) is 17.9. The van der Waals surface area contributed by atoms with Gasteiger partial charge >= 0.3 is 0 Å². The molecule has 148 valence electrons. The molecule has 3 aliphatic rings. The predicted molar refractivity (Wildman–Crippen MR) is 105 cm³/mol. The molecule has 2 bridgehead atoms. The van der Waals surface area contributed by atoms with E-state index in [0.717, 1.165) is 12.0 Å². The Morgan fingerprint density at radius 3 is 2.34 bits per heavy atom. The highest BCUT2D eigenvalue weighted by molar-refractivity contribution is 6.07. The lowest BCUT2D eigenvalue weighted by atomic mass is 9.85.